The SMILES string of the molecule is C=CCNC(=O)C(=O)C(CCC)NC(=O)[C@@H]1[C@@H]2[C@H](CN1C(=O)[C@@H](NC(=O)NC(COC(=O)NCC)C(C)(C)C)C1Cc3ccccc3C1)C2(C)C. The second-order valence-corrected chi connectivity index (χ2v) is 15.7. The van der Waals surface area contributed by atoms with Crippen molar-refractivity contribution in [2.75, 3.05) is 26.2 Å². The molecule has 1 aromatic carbocycles. The van der Waals surface area contributed by atoms with Gasteiger partial charge in [-0.15, -0.1) is 6.58 Å². The third kappa shape index (κ3) is 9.09. The van der Waals surface area contributed by atoms with E-state index in [1.807, 2.05) is 52.0 Å². The molecule has 1 saturated carbocycles. The van der Waals surface area contributed by atoms with Gasteiger partial charge in [-0.25, -0.2) is 9.59 Å². The molecule has 1 saturated heterocycles. The molecule has 13 heteroatoms. The van der Waals surface area contributed by atoms with Gasteiger partial charge in [0.15, 0.2) is 0 Å². The van der Waals surface area contributed by atoms with Gasteiger partial charge in [-0.3, -0.25) is 19.2 Å². The lowest BCUT2D eigenvalue weighted by Gasteiger charge is -2.36. The van der Waals surface area contributed by atoms with Crippen LogP contribution in [0.2, 0.25) is 0 Å². The van der Waals surface area contributed by atoms with Gasteiger partial charge in [-0.05, 0) is 65.9 Å². The van der Waals surface area contributed by atoms with E-state index >= 15 is 0 Å². The fourth-order valence-corrected chi connectivity index (χ4v) is 7.63. The van der Waals surface area contributed by atoms with E-state index in [4.69, 9.17) is 4.74 Å². The Balaban J connectivity index is 1.59. The van der Waals surface area contributed by atoms with Crippen LogP contribution >= 0.6 is 0 Å². The number of piperidine rings is 1. The molecule has 4 rings (SSSR count). The van der Waals surface area contributed by atoms with E-state index in [1.165, 1.54) is 6.08 Å². The van der Waals surface area contributed by atoms with Gasteiger partial charge in [-0.1, -0.05) is 78.3 Å². The molecule has 2 fully saturated rings. The van der Waals surface area contributed by atoms with Crippen molar-refractivity contribution in [1.82, 2.24) is 31.5 Å². The molecule has 0 aromatic heterocycles. The van der Waals surface area contributed by atoms with Crippen LogP contribution in [-0.4, -0.2) is 90.9 Å². The highest BCUT2D eigenvalue weighted by atomic mass is 16.5. The first-order valence-corrected chi connectivity index (χ1v) is 18.1. The molecule has 0 bridgehead atoms. The van der Waals surface area contributed by atoms with Gasteiger partial charge in [0.1, 0.15) is 18.7 Å². The van der Waals surface area contributed by atoms with E-state index in [0.717, 1.165) is 11.1 Å². The standard InChI is InChI=1S/C38H56N6O7/c1-9-14-26(31(45)33(47)40-17-10-2)41-32(46)30-28-25(38(28,7)8)20-44(30)34(48)29(24-18-22-15-12-13-16-23(22)19-24)43-35(49)42-27(37(4,5)6)21-51-36(50)39-11-3/h10,12-13,15-16,24-30H,2,9,11,14,17-21H2,1,3-8H3,(H,39,50)(H,40,47)(H,41,46)(H2,42,43,49)/t25-,26?,27?,28-,29-,30-/m0/s1. The quantitative estimate of drug-likeness (QED) is 0.138. The molecule has 1 heterocycles. The Morgan fingerprint density at radius 3 is 2.22 bits per heavy atom. The summed E-state index contributed by atoms with van der Waals surface area (Å²) in [6.07, 6.45) is 2.80. The number of fused-ring (bicyclic) bond motifs is 2. The second kappa shape index (κ2) is 16.3. The van der Waals surface area contributed by atoms with Crippen LogP contribution in [0.15, 0.2) is 36.9 Å². The van der Waals surface area contributed by atoms with Crippen molar-refractivity contribution < 1.29 is 33.5 Å². The summed E-state index contributed by atoms with van der Waals surface area (Å²) in [4.78, 5) is 81.9. The first kappa shape index (κ1) is 39.4. The molecule has 280 valence electrons. The van der Waals surface area contributed by atoms with Gasteiger partial charge in [0, 0.05) is 19.6 Å². The van der Waals surface area contributed by atoms with Crippen molar-refractivity contribution in [3.63, 3.8) is 0 Å². The average Bonchev–Trinajstić information content (AvgIpc) is 3.43. The highest BCUT2D eigenvalue weighted by Gasteiger charge is 2.69. The number of carbonyl (C=O) groups is 6. The largest absolute Gasteiger partial charge is 0.447 e. The van der Waals surface area contributed by atoms with E-state index < -0.39 is 59.3 Å². The van der Waals surface area contributed by atoms with E-state index in [-0.39, 0.29) is 48.6 Å². The van der Waals surface area contributed by atoms with Crippen LogP contribution in [0.5, 0.6) is 0 Å². The number of nitrogens with zero attached hydrogens (tertiary/aromatic N) is 1. The highest BCUT2D eigenvalue weighted by molar-refractivity contribution is 6.38. The number of urea groups is 1. The Hall–Kier alpha value is -4.42. The second-order valence-electron chi connectivity index (χ2n) is 15.7. The van der Waals surface area contributed by atoms with Crippen LogP contribution in [0, 0.1) is 28.6 Å². The van der Waals surface area contributed by atoms with E-state index in [0.29, 0.717) is 32.4 Å². The summed E-state index contributed by atoms with van der Waals surface area (Å²) in [6.45, 7) is 17.8. The van der Waals surface area contributed by atoms with Crippen LogP contribution in [0.3, 0.4) is 0 Å². The zero-order chi connectivity index (χ0) is 37.7. The lowest BCUT2D eigenvalue weighted by Crippen LogP contribution is -2.61. The summed E-state index contributed by atoms with van der Waals surface area (Å²) >= 11 is 0. The molecule has 0 spiro atoms. The molecule has 2 aliphatic carbocycles. The van der Waals surface area contributed by atoms with Crippen LogP contribution in [0.1, 0.15) is 72.4 Å². The zero-order valence-corrected chi connectivity index (χ0v) is 31.1. The average molecular weight is 709 g/mol. The Morgan fingerprint density at radius 2 is 1.65 bits per heavy atom. The summed E-state index contributed by atoms with van der Waals surface area (Å²) in [7, 11) is 0. The number of benzene rings is 1. The van der Waals surface area contributed by atoms with Gasteiger partial charge < -0.3 is 36.2 Å². The van der Waals surface area contributed by atoms with Gasteiger partial charge >= 0.3 is 12.1 Å². The first-order valence-electron chi connectivity index (χ1n) is 18.1. The van der Waals surface area contributed by atoms with Gasteiger partial charge in [0.2, 0.25) is 17.6 Å². The van der Waals surface area contributed by atoms with Gasteiger partial charge in [0.05, 0.1) is 12.1 Å². The summed E-state index contributed by atoms with van der Waals surface area (Å²) in [5, 5.41) is 13.8. The molecule has 13 nitrogen and oxygen atoms in total. The number of rotatable bonds is 15. The Bertz CT molecular complexity index is 1480. The lowest BCUT2D eigenvalue weighted by atomic mass is 9.87. The molecular formula is C38H56N6O7. The third-order valence-electron chi connectivity index (χ3n) is 10.8. The monoisotopic (exact) mass is 708 g/mol. The van der Waals surface area contributed by atoms with Crippen molar-refractivity contribution in [3.05, 3.63) is 48.0 Å². The van der Waals surface area contributed by atoms with Crippen molar-refractivity contribution in [2.24, 2.45) is 28.6 Å². The lowest BCUT2D eigenvalue weighted by molar-refractivity contribution is -0.144. The maximum Gasteiger partial charge on any atom is 0.407 e. The summed E-state index contributed by atoms with van der Waals surface area (Å²) in [6, 6.07) is 3.86. The number of ketones is 1. The van der Waals surface area contributed by atoms with Crippen LogP contribution in [0.25, 0.3) is 0 Å². The number of likely N-dealkylation sites (tertiary alicyclic amines) is 1. The first-order chi connectivity index (χ1) is 24.0. The minimum absolute atomic E-state index is 0.0559. The summed E-state index contributed by atoms with van der Waals surface area (Å²) in [5.41, 5.74) is 1.49. The van der Waals surface area contributed by atoms with Crippen molar-refractivity contribution in [2.45, 2.75) is 98.3 Å². The molecule has 0 radical (unpaired) electrons. The highest BCUT2D eigenvalue weighted by Crippen LogP contribution is 2.65. The minimum Gasteiger partial charge on any atom is -0.447 e. The molecule has 6 atom stereocenters. The molecule has 6 amide bonds. The summed E-state index contributed by atoms with van der Waals surface area (Å²) in [5.74, 6) is -2.80. The van der Waals surface area contributed by atoms with Crippen LogP contribution in [0.4, 0.5) is 9.59 Å². The van der Waals surface area contributed by atoms with Gasteiger partial charge in [0.25, 0.3) is 5.91 Å². The van der Waals surface area contributed by atoms with E-state index in [2.05, 4.69) is 47.0 Å². The smallest absolute Gasteiger partial charge is 0.407 e. The number of hydrogen-bond donors (Lipinski definition) is 5. The van der Waals surface area contributed by atoms with E-state index in [1.54, 1.807) is 11.8 Å². The minimum atomic E-state index is -1.05. The number of hydrogen-bond acceptors (Lipinski definition) is 7. The number of nitrogens with one attached hydrogen (secondary N) is 5. The number of ether oxygens (including phenoxy) is 1. The topological polar surface area (TPSA) is 175 Å². The predicted molar refractivity (Wildman–Crippen MR) is 192 cm³/mol. The number of carbonyl (C=O) groups excluding carboxylic acids is 6. The van der Waals surface area contributed by atoms with E-state index in [9.17, 15) is 28.8 Å². The molecule has 1 aliphatic heterocycles. The van der Waals surface area contributed by atoms with Crippen molar-refractivity contribution in [3.8, 4) is 0 Å². The Kier molecular flexibility index (Phi) is 12.6. The maximum atomic E-state index is 14.7. The number of alkyl carbamates (subject to hydrolysis) is 1. The number of Topliss-reactive ketones (excluding diaryl/α,β-unsaturated/α-hetero) is 1. The summed E-state index contributed by atoms with van der Waals surface area (Å²) < 4.78 is 5.36. The van der Waals surface area contributed by atoms with Crippen molar-refractivity contribution >= 4 is 35.6 Å². The molecular weight excluding hydrogens is 652 g/mol. The maximum absolute atomic E-state index is 14.7. The third-order valence-corrected chi connectivity index (χ3v) is 10.8. The van der Waals surface area contributed by atoms with Gasteiger partial charge in [-0.2, -0.15) is 0 Å². The molecule has 5 N–H and O–H groups in total. The molecule has 51 heavy (non-hydrogen) atoms. The van der Waals surface area contributed by atoms with Crippen LogP contribution < -0.4 is 26.6 Å². The van der Waals surface area contributed by atoms with Crippen LogP contribution in [-0.2, 0) is 36.8 Å². The normalized spacial score (nSPS) is 21.9. The predicted octanol–water partition coefficient (Wildman–Crippen LogP) is 2.87. The van der Waals surface area contributed by atoms with Crippen molar-refractivity contribution in [1.29, 1.82) is 0 Å². The fourth-order valence-electron chi connectivity index (χ4n) is 7.63. The fraction of sp³-hybridized carbons (Fsp3) is 0.632. The molecule has 1 aromatic rings. The molecule has 3 aliphatic rings. The molecule has 2 unspecified atom stereocenters. The Labute approximate surface area is 301 Å². The number of amides is 6. The Morgan fingerprint density at radius 1 is 1.00 bits per heavy atom. The zero-order valence-electron chi connectivity index (χ0n) is 31.1.